The first-order valence-electron chi connectivity index (χ1n) is 11.3. The van der Waals surface area contributed by atoms with Crippen molar-refractivity contribution in [3.63, 3.8) is 0 Å². The third-order valence-corrected chi connectivity index (χ3v) is 8.03. The number of likely N-dealkylation sites (tertiary alicyclic amines) is 1. The molecule has 3 aromatic rings. The number of halogens is 2. The van der Waals surface area contributed by atoms with Crippen LogP contribution in [0.5, 0.6) is 0 Å². The van der Waals surface area contributed by atoms with Gasteiger partial charge in [-0.05, 0) is 61.6 Å². The van der Waals surface area contributed by atoms with Crippen molar-refractivity contribution in [3.05, 3.63) is 73.9 Å². The summed E-state index contributed by atoms with van der Waals surface area (Å²) in [4.78, 5) is 30.1. The maximum absolute atomic E-state index is 14.9. The van der Waals surface area contributed by atoms with Gasteiger partial charge in [-0.3, -0.25) is 4.79 Å². The Balaban J connectivity index is 1.74. The molecule has 2 unspecified atom stereocenters. The van der Waals surface area contributed by atoms with E-state index in [0.717, 1.165) is 24.5 Å². The molecule has 36 heavy (non-hydrogen) atoms. The molecule has 0 bridgehead atoms. The van der Waals surface area contributed by atoms with E-state index >= 15 is 0 Å². The highest BCUT2D eigenvalue weighted by Crippen LogP contribution is 2.35. The smallest absolute Gasteiger partial charge is 0.391 e. The van der Waals surface area contributed by atoms with Crippen molar-refractivity contribution in [1.82, 2.24) is 24.8 Å². The van der Waals surface area contributed by atoms with Gasteiger partial charge in [-0.2, -0.15) is 4.72 Å². The highest BCUT2D eigenvalue weighted by atomic mass is 35.5. The number of nitrogens with one attached hydrogen (secondary N) is 2. The van der Waals surface area contributed by atoms with Gasteiger partial charge in [0.2, 0.25) is 5.89 Å². The van der Waals surface area contributed by atoms with E-state index in [1.54, 1.807) is 31.7 Å². The molecular weight excluding hydrogens is 513 g/mol. The Morgan fingerprint density at radius 1 is 1.22 bits per heavy atom. The van der Waals surface area contributed by atoms with Crippen molar-refractivity contribution in [2.24, 2.45) is 0 Å². The molecule has 2 atom stereocenters. The van der Waals surface area contributed by atoms with E-state index in [1.807, 2.05) is 0 Å². The Bertz CT molecular complexity index is 1470. The van der Waals surface area contributed by atoms with E-state index in [0.29, 0.717) is 18.7 Å². The standard InChI is InChI=1S/C23H25ClFN5O5S/c1-12-6-8-16(25)18(13(12)2)14(3)19(21-27-28-23(32)35-21)29-36(33,34)17-9-7-15(24)20(26-17)22(31)30-10-4-5-11-30/h6-9,14,19,29H,4-5,10-11H2,1-3H3,(H,28,32). The Kier molecular flexibility index (Phi) is 7.30. The van der Waals surface area contributed by atoms with Crippen LogP contribution >= 0.6 is 11.6 Å². The van der Waals surface area contributed by atoms with E-state index in [9.17, 15) is 22.4 Å². The summed E-state index contributed by atoms with van der Waals surface area (Å²) in [5.74, 6) is -3.03. The fourth-order valence-electron chi connectivity index (χ4n) is 4.29. The quantitative estimate of drug-likeness (QED) is 0.472. The minimum atomic E-state index is -4.41. The molecule has 0 spiro atoms. The van der Waals surface area contributed by atoms with E-state index in [4.69, 9.17) is 16.0 Å². The molecule has 13 heteroatoms. The van der Waals surface area contributed by atoms with Gasteiger partial charge in [0.15, 0.2) is 5.03 Å². The van der Waals surface area contributed by atoms with Crippen molar-refractivity contribution in [2.75, 3.05) is 13.1 Å². The molecule has 0 radical (unpaired) electrons. The lowest BCUT2D eigenvalue weighted by Crippen LogP contribution is -2.34. The Hall–Kier alpha value is -3.09. The number of hydrogen-bond acceptors (Lipinski definition) is 7. The highest BCUT2D eigenvalue weighted by molar-refractivity contribution is 7.89. The molecular formula is C23H25ClFN5O5S. The first-order valence-corrected chi connectivity index (χ1v) is 13.1. The number of sulfonamides is 1. The molecule has 1 aliphatic heterocycles. The van der Waals surface area contributed by atoms with Crippen LogP contribution in [-0.4, -0.2) is 47.5 Å². The average Bonchev–Trinajstić information content (AvgIpc) is 3.52. The van der Waals surface area contributed by atoms with E-state index in [1.165, 1.54) is 12.1 Å². The number of pyridine rings is 1. The fourth-order valence-corrected chi connectivity index (χ4v) is 5.70. The molecule has 1 aliphatic rings. The molecule has 192 valence electrons. The normalized spacial score (nSPS) is 15.8. The van der Waals surface area contributed by atoms with Gasteiger partial charge in [0.1, 0.15) is 17.6 Å². The largest absolute Gasteiger partial charge is 0.434 e. The second-order valence-corrected chi connectivity index (χ2v) is 10.8. The van der Waals surface area contributed by atoms with Crippen LogP contribution in [0.1, 0.15) is 64.8 Å². The van der Waals surface area contributed by atoms with E-state index in [-0.39, 0.29) is 22.2 Å². The van der Waals surface area contributed by atoms with Crippen molar-refractivity contribution in [3.8, 4) is 0 Å². The van der Waals surface area contributed by atoms with Crippen LogP contribution in [0.4, 0.5) is 4.39 Å². The zero-order valence-corrected chi connectivity index (χ0v) is 21.4. The van der Waals surface area contributed by atoms with Crippen LogP contribution < -0.4 is 10.5 Å². The topological polar surface area (TPSA) is 138 Å². The van der Waals surface area contributed by atoms with Gasteiger partial charge in [-0.25, -0.2) is 27.7 Å². The maximum Gasteiger partial charge on any atom is 0.434 e. The summed E-state index contributed by atoms with van der Waals surface area (Å²) < 4.78 is 49.2. The van der Waals surface area contributed by atoms with Crippen LogP contribution in [0.25, 0.3) is 0 Å². The van der Waals surface area contributed by atoms with Gasteiger partial charge in [0.25, 0.3) is 15.9 Å². The summed E-state index contributed by atoms with van der Waals surface area (Å²) in [5.41, 5.74) is 1.47. The monoisotopic (exact) mass is 537 g/mol. The van der Waals surface area contributed by atoms with Crippen molar-refractivity contribution in [2.45, 2.75) is 50.6 Å². The van der Waals surface area contributed by atoms with E-state index < -0.39 is 44.5 Å². The fraction of sp³-hybridized carbons (Fsp3) is 0.391. The van der Waals surface area contributed by atoms with Gasteiger partial charge in [-0.15, -0.1) is 5.10 Å². The number of hydrogen-bond donors (Lipinski definition) is 2. The number of carbonyl (C=O) groups excluding carboxylic acids is 1. The summed E-state index contributed by atoms with van der Waals surface area (Å²) in [7, 11) is -4.41. The Morgan fingerprint density at radius 3 is 2.56 bits per heavy atom. The number of H-pyrrole nitrogens is 1. The summed E-state index contributed by atoms with van der Waals surface area (Å²) in [6.45, 7) is 6.17. The maximum atomic E-state index is 14.9. The molecule has 0 saturated carbocycles. The van der Waals surface area contributed by atoms with Gasteiger partial charge >= 0.3 is 5.76 Å². The Labute approximate surface area is 211 Å². The van der Waals surface area contributed by atoms with Crippen molar-refractivity contribution in [1.29, 1.82) is 0 Å². The lowest BCUT2D eigenvalue weighted by molar-refractivity contribution is 0.0786. The average molecular weight is 538 g/mol. The molecule has 1 fully saturated rings. The van der Waals surface area contributed by atoms with E-state index in [2.05, 4.69) is 19.9 Å². The summed E-state index contributed by atoms with van der Waals surface area (Å²) in [6.07, 6.45) is 1.68. The molecule has 4 rings (SSSR count). The van der Waals surface area contributed by atoms with Crippen LogP contribution in [0.15, 0.2) is 38.5 Å². The minimum Gasteiger partial charge on any atom is -0.391 e. The third kappa shape index (κ3) is 5.06. The van der Waals surface area contributed by atoms with Gasteiger partial charge < -0.3 is 9.32 Å². The second kappa shape index (κ2) is 10.1. The van der Waals surface area contributed by atoms with Crippen LogP contribution in [0.2, 0.25) is 5.02 Å². The molecule has 0 aliphatic carbocycles. The highest BCUT2D eigenvalue weighted by Gasteiger charge is 2.34. The SMILES string of the molecule is Cc1ccc(F)c(C(C)C(NS(=O)(=O)c2ccc(Cl)c(C(=O)N3CCCC3)n2)c2n[nH]c(=O)o2)c1C. The molecule has 1 aromatic carbocycles. The van der Waals surface area contributed by atoms with Crippen molar-refractivity contribution >= 4 is 27.5 Å². The number of nitrogens with zero attached hydrogens (tertiary/aromatic N) is 3. The molecule has 2 N–H and O–H groups in total. The second-order valence-electron chi connectivity index (χ2n) is 8.72. The molecule has 3 heterocycles. The van der Waals surface area contributed by atoms with Gasteiger partial charge in [0.05, 0.1) is 5.02 Å². The first kappa shape index (κ1) is 26.0. The zero-order valence-electron chi connectivity index (χ0n) is 19.8. The summed E-state index contributed by atoms with van der Waals surface area (Å²) >= 11 is 6.17. The first-order chi connectivity index (χ1) is 17.0. The van der Waals surface area contributed by atoms with Gasteiger partial charge in [-0.1, -0.05) is 24.6 Å². The number of aromatic amines is 1. The van der Waals surface area contributed by atoms with Crippen LogP contribution in [-0.2, 0) is 10.0 Å². The lowest BCUT2D eigenvalue weighted by Gasteiger charge is -2.25. The molecule has 1 amide bonds. The third-order valence-electron chi connectivity index (χ3n) is 6.38. The van der Waals surface area contributed by atoms with Crippen LogP contribution in [0, 0.1) is 19.7 Å². The Morgan fingerprint density at radius 2 is 1.92 bits per heavy atom. The number of rotatable bonds is 7. The molecule has 1 saturated heterocycles. The number of aryl methyl sites for hydroxylation is 1. The summed E-state index contributed by atoms with van der Waals surface area (Å²) in [6, 6.07) is 4.07. The lowest BCUT2D eigenvalue weighted by atomic mass is 9.88. The number of benzene rings is 1. The molecule has 2 aromatic heterocycles. The zero-order chi connectivity index (χ0) is 26.2. The number of carbonyl (C=O) groups is 1. The summed E-state index contributed by atoms with van der Waals surface area (Å²) in [5, 5.41) is 5.43. The predicted molar refractivity (Wildman–Crippen MR) is 129 cm³/mol. The van der Waals surface area contributed by atoms with Crippen molar-refractivity contribution < 1.29 is 22.0 Å². The van der Waals surface area contributed by atoms with Gasteiger partial charge in [0, 0.05) is 19.0 Å². The predicted octanol–water partition coefficient (Wildman–Crippen LogP) is 3.23. The minimum absolute atomic E-state index is 0.0199. The molecule has 10 nitrogen and oxygen atoms in total. The van der Waals surface area contributed by atoms with Crippen LogP contribution in [0.3, 0.4) is 0 Å². The number of aromatic nitrogens is 3. The number of amides is 1.